The van der Waals surface area contributed by atoms with E-state index in [4.69, 9.17) is 4.65 Å². The van der Waals surface area contributed by atoms with Crippen LogP contribution in [-0.2, 0) is 11.2 Å². The largest absolute Gasteiger partial charge is 0.547 e. The molecule has 0 spiro atoms. The molecule has 1 aromatic carbocycles. The van der Waals surface area contributed by atoms with Crippen molar-refractivity contribution in [1.82, 2.24) is 25.2 Å². The average Bonchev–Trinajstić information content (AvgIpc) is 2.83. The molecule has 5 N–H and O–H groups in total. The molecule has 0 saturated heterocycles. The second kappa shape index (κ2) is 9.83. The summed E-state index contributed by atoms with van der Waals surface area (Å²) < 4.78 is 20.5. The Morgan fingerprint density at radius 2 is 2.06 bits per heavy atom. The molecular weight excluding hydrogens is 480 g/mol. The van der Waals surface area contributed by atoms with Crippen LogP contribution < -0.4 is 20.8 Å². The van der Waals surface area contributed by atoms with Gasteiger partial charge in [0.2, 0.25) is 5.91 Å². The minimum Gasteiger partial charge on any atom is -0.534 e. The molecular formula is C21H17BFN5O8. The van der Waals surface area contributed by atoms with Gasteiger partial charge < -0.3 is 30.5 Å². The van der Waals surface area contributed by atoms with Crippen LogP contribution in [0.4, 0.5) is 9.18 Å². The Labute approximate surface area is 201 Å². The normalized spacial score (nSPS) is 15.3. The first kappa shape index (κ1) is 24.3. The zero-order valence-electron chi connectivity index (χ0n) is 18.2. The van der Waals surface area contributed by atoms with E-state index >= 15 is 0 Å². The van der Waals surface area contributed by atoms with Crippen LogP contribution in [0.3, 0.4) is 0 Å². The third kappa shape index (κ3) is 4.85. The summed E-state index contributed by atoms with van der Waals surface area (Å²) in [5.41, 5.74) is -1.17. The van der Waals surface area contributed by atoms with Crippen molar-refractivity contribution in [2.24, 2.45) is 0 Å². The Balaban J connectivity index is 1.62. The fraction of sp³-hybridized carbons (Fsp3) is 0.143. The average molecular weight is 497 g/mol. The molecule has 0 aliphatic carbocycles. The van der Waals surface area contributed by atoms with Crippen LogP contribution >= 0.6 is 0 Å². The van der Waals surface area contributed by atoms with Gasteiger partial charge in [0, 0.05) is 18.3 Å². The van der Waals surface area contributed by atoms with Crippen LogP contribution in [0.1, 0.15) is 27.7 Å². The fourth-order valence-electron chi connectivity index (χ4n) is 3.59. The number of carbonyl (C=O) groups is 3. The third-order valence-electron chi connectivity index (χ3n) is 5.28. The van der Waals surface area contributed by atoms with Gasteiger partial charge >= 0.3 is 19.1 Å². The Hall–Kier alpha value is -4.79. The van der Waals surface area contributed by atoms with E-state index in [0.717, 1.165) is 24.8 Å². The molecule has 3 aromatic rings. The highest BCUT2D eigenvalue weighted by atomic mass is 19.1. The smallest absolute Gasteiger partial charge is 0.534 e. The number of aromatic hydroxyl groups is 1. The minimum absolute atomic E-state index is 0.0580. The number of aromatic carboxylic acids is 1. The second-order valence-corrected chi connectivity index (χ2v) is 7.66. The summed E-state index contributed by atoms with van der Waals surface area (Å²) in [7, 11) is -1.68. The maximum Gasteiger partial charge on any atom is 0.547 e. The van der Waals surface area contributed by atoms with Crippen LogP contribution in [0.15, 0.2) is 53.8 Å². The molecule has 4 rings (SSSR count). The highest BCUT2D eigenvalue weighted by Gasteiger charge is 2.40. The van der Waals surface area contributed by atoms with Crippen LogP contribution in [0, 0.1) is 5.82 Å². The van der Waals surface area contributed by atoms with E-state index in [0.29, 0.717) is 16.2 Å². The molecule has 2 atom stereocenters. The van der Waals surface area contributed by atoms with Gasteiger partial charge in [0.25, 0.3) is 5.56 Å². The number of hydrogen-bond acceptors (Lipinski definition) is 9. The van der Waals surface area contributed by atoms with E-state index in [1.54, 1.807) is 6.07 Å². The molecule has 1 aliphatic rings. The molecule has 0 saturated carbocycles. The number of amides is 2. The third-order valence-corrected chi connectivity index (χ3v) is 5.28. The molecule has 15 heteroatoms. The molecule has 2 aromatic heterocycles. The van der Waals surface area contributed by atoms with Gasteiger partial charge in [-0.3, -0.25) is 14.6 Å². The molecule has 1 unspecified atom stereocenters. The Kier molecular flexibility index (Phi) is 6.65. The van der Waals surface area contributed by atoms with Gasteiger partial charge in [-0.2, -0.15) is 0 Å². The number of hydrogen-bond donors (Lipinski definition) is 5. The van der Waals surface area contributed by atoms with E-state index in [-0.39, 0.29) is 17.7 Å². The van der Waals surface area contributed by atoms with Gasteiger partial charge in [0.1, 0.15) is 23.5 Å². The van der Waals surface area contributed by atoms with E-state index in [2.05, 4.69) is 20.6 Å². The van der Waals surface area contributed by atoms with Crippen molar-refractivity contribution in [2.75, 3.05) is 0 Å². The van der Waals surface area contributed by atoms with Gasteiger partial charge in [0.15, 0.2) is 11.9 Å². The van der Waals surface area contributed by atoms with Crippen LogP contribution in [0.2, 0.25) is 0 Å². The number of fused-ring (bicyclic) bond motifs is 1. The number of pyridine rings is 1. The van der Waals surface area contributed by atoms with Gasteiger partial charge in [-0.25, -0.2) is 23.5 Å². The Morgan fingerprint density at radius 1 is 1.28 bits per heavy atom. The summed E-state index contributed by atoms with van der Waals surface area (Å²) in [6.45, 7) is 0. The lowest BCUT2D eigenvalue weighted by Crippen LogP contribution is -2.56. The summed E-state index contributed by atoms with van der Waals surface area (Å²) in [5.74, 6) is -5.17. The van der Waals surface area contributed by atoms with Crippen LogP contribution in [-0.4, -0.2) is 60.7 Å². The van der Waals surface area contributed by atoms with Gasteiger partial charge in [0.05, 0.1) is 17.7 Å². The summed E-state index contributed by atoms with van der Waals surface area (Å²) in [6.07, 6.45) is 2.83. The molecule has 3 heterocycles. The zero-order valence-corrected chi connectivity index (χ0v) is 18.2. The summed E-state index contributed by atoms with van der Waals surface area (Å²) in [5, 5.41) is 33.8. The molecule has 2 amide bonds. The predicted molar refractivity (Wildman–Crippen MR) is 119 cm³/mol. The summed E-state index contributed by atoms with van der Waals surface area (Å²) >= 11 is 0. The van der Waals surface area contributed by atoms with E-state index in [1.807, 2.05) is 0 Å². The van der Waals surface area contributed by atoms with Crippen molar-refractivity contribution in [2.45, 2.75) is 18.4 Å². The van der Waals surface area contributed by atoms with Crippen molar-refractivity contribution in [1.29, 1.82) is 0 Å². The first-order valence-electron chi connectivity index (χ1n) is 10.3. The number of carboxylic acids is 1. The van der Waals surface area contributed by atoms with Gasteiger partial charge in [-0.15, -0.1) is 0 Å². The first-order valence-corrected chi connectivity index (χ1v) is 10.3. The minimum atomic E-state index is -1.82. The number of para-hydroxylation sites is 1. The maximum atomic E-state index is 14.6. The zero-order chi connectivity index (χ0) is 26.0. The number of benzene rings is 1. The van der Waals surface area contributed by atoms with Gasteiger partial charge in [-0.1, -0.05) is 12.1 Å². The molecule has 0 fully saturated rings. The van der Waals surface area contributed by atoms with Crippen LogP contribution in [0.25, 0.3) is 0 Å². The number of carboxylic acid groups (broad SMARTS) is 1. The highest BCUT2D eigenvalue weighted by molar-refractivity contribution is 6.47. The molecule has 0 bridgehead atoms. The predicted octanol–water partition coefficient (Wildman–Crippen LogP) is -0.380. The summed E-state index contributed by atoms with van der Waals surface area (Å²) in [6, 6.07) is 3.02. The monoisotopic (exact) mass is 497 g/mol. The molecule has 1 aliphatic heterocycles. The van der Waals surface area contributed by atoms with Crippen LogP contribution in [0.5, 0.6) is 11.5 Å². The molecule has 13 nitrogen and oxygen atoms in total. The molecule has 0 radical (unpaired) electrons. The molecule has 184 valence electrons. The number of halogens is 1. The van der Waals surface area contributed by atoms with E-state index in [1.165, 1.54) is 12.1 Å². The number of rotatable bonds is 5. The topological polar surface area (TPSA) is 193 Å². The van der Waals surface area contributed by atoms with Crippen molar-refractivity contribution >= 4 is 25.0 Å². The summed E-state index contributed by atoms with van der Waals surface area (Å²) in [4.78, 5) is 56.6. The number of carbonyl (C=O) groups excluding carboxylic acids is 2. The number of nitrogens with one attached hydrogen (secondary N) is 2. The van der Waals surface area contributed by atoms with E-state index < -0.39 is 59.8 Å². The lowest BCUT2D eigenvalue weighted by molar-refractivity contribution is -0.123. The van der Waals surface area contributed by atoms with Crippen molar-refractivity contribution in [3.05, 3.63) is 82.0 Å². The molecule has 36 heavy (non-hydrogen) atoms. The Morgan fingerprint density at radius 3 is 2.75 bits per heavy atom. The lowest BCUT2D eigenvalue weighted by Gasteiger charge is -2.30. The van der Waals surface area contributed by atoms with Gasteiger partial charge in [-0.05, 0) is 18.1 Å². The van der Waals surface area contributed by atoms with Crippen molar-refractivity contribution < 1.29 is 38.7 Å². The second-order valence-electron chi connectivity index (χ2n) is 7.66. The SMILES string of the molecule is O=C(O)c1cccc2c1OB(O)[C@@H](NC(=O)C(NC(=O)n1cnccc1=O)c1ncc(O)cc1F)C2. The van der Waals surface area contributed by atoms with E-state index in [9.17, 15) is 38.8 Å². The fourth-order valence-corrected chi connectivity index (χ4v) is 3.59. The quantitative estimate of drug-likeness (QED) is 0.290. The van der Waals surface area contributed by atoms with Crippen molar-refractivity contribution in [3.8, 4) is 11.5 Å². The lowest BCUT2D eigenvalue weighted by atomic mass is 9.72. The number of nitrogens with zero attached hydrogens (tertiary/aromatic N) is 3. The first-order chi connectivity index (χ1) is 17.2. The number of aromatic nitrogens is 3. The maximum absolute atomic E-state index is 14.6. The van der Waals surface area contributed by atoms with Crippen molar-refractivity contribution in [3.63, 3.8) is 0 Å². The highest BCUT2D eigenvalue weighted by Crippen LogP contribution is 2.30. The standard InChI is InChI=1S/C21H17BFN5O8/c23-13-7-11(29)8-25-16(13)17(27-21(34)28-9-24-5-4-15(28)30)19(31)26-14-6-10-2-1-3-12(20(32)33)18(10)36-22(14)35/h1-5,7-9,14,17,29,35H,6H2,(H,26,31)(H,27,34)(H,32,33)/t14-,17?/m0/s1. The Bertz CT molecular complexity index is 1420.